The molecule has 0 aromatic rings. The molecule has 1 saturated carbocycles. The van der Waals surface area contributed by atoms with Gasteiger partial charge >= 0.3 is 0 Å². The molecule has 110 valence electrons. The Kier molecular flexibility index (Phi) is 3.87. The summed E-state index contributed by atoms with van der Waals surface area (Å²) in [7, 11) is 0. The van der Waals surface area contributed by atoms with Crippen LogP contribution in [0, 0.1) is 11.3 Å². The molecule has 0 bridgehead atoms. The second-order valence-corrected chi connectivity index (χ2v) is 7.09. The van der Waals surface area contributed by atoms with E-state index in [9.17, 15) is 0 Å². The van der Waals surface area contributed by atoms with Gasteiger partial charge in [0.05, 0.1) is 12.2 Å². The van der Waals surface area contributed by atoms with Crippen LogP contribution in [0.15, 0.2) is 0 Å². The van der Waals surface area contributed by atoms with Gasteiger partial charge in [0.15, 0.2) is 0 Å². The van der Waals surface area contributed by atoms with Crippen LogP contribution in [0.25, 0.3) is 0 Å². The van der Waals surface area contributed by atoms with Crippen LogP contribution in [-0.4, -0.2) is 31.5 Å². The molecule has 4 heteroatoms. The SMILES string of the molecule is CC1(C(NN)C2CCOC3(CCOC3)C2)CCCC1. The molecule has 2 saturated heterocycles. The number of hydrogen-bond acceptors (Lipinski definition) is 4. The minimum Gasteiger partial charge on any atom is -0.378 e. The molecule has 3 aliphatic rings. The van der Waals surface area contributed by atoms with E-state index in [2.05, 4.69) is 12.3 Å². The van der Waals surface area contributed by atoms with E-state index in [4.69, 9.17) is 15.3 Å². The molecule has 2 heterocycles. The molecule has 0 radical (unpaired) electrons. The number of nitrogens with one attached hydrogen (secondary N) is 1. The molecule has 1 aliphatic carbocycles. The lowest BCUT2D eigenvalue weighted by Crippen LogP contribution is -2.55. The summed E-state index contributed by atoms with van der Waals surface area (Å²) in [5.41, 5.74) is 3.53. The molecular formula is C15H28N2O2. The van der Waals surface area contributed by atoms with Gasteiger partial charge in [-0.25, -0.2) is 0 Å². The second-order valence-electron chi connectivity index (χ2n) is 7.09. The van der Waals surface area contributed by atoms with E-state index in [1.807, 2.05) is 0 Å². The molecule has 3 atom stereocenters. The zero-order valence-corrected chi connectivity index (χ0v) is 12.1. The van der Waals surface area contributed by atoms with Crippen LogP contribution in [-0.2, 0) is 9.47 Å². The van der Waals surface area contributed by atoms with Gasteiger partial charge < -0.3 is 9.47 Å². The van der Waals surface area contributed by atoms with Crippen LogP contribution in [0.1, 0.15) is 51.9 Å². The Morgan fingerprint density at radius 3 is 2.63 bits per heavy atom. The van der Waals surface area contributed by atoms with Crippen molar-refractivity contribution in [2.45, 2.75) is 63.5 Å². The Balaban J connectivity index is 1.72. The molecule has 3 unspecified atom stereocenters. The maximum Gasteiger partial charge on any atom is 0.0939 e. The van der Waals surface area contributed by atoms with Crippen LogP contribution >= 0.6 is 0 Å². The molecule has 2 aliphatic heterocycles. The van der Waals surface area contributed by atoms with Gasteiger partial charge in [0, 0.05) is 25.7 Å². The first kappa shape index (κ1) is 13.8. The van der Waals surface area contributed by atoms with Crippen LogP contribution < -0.4 is 11.3 Å². The van der Waals surface area contributed by atoms with Crippen molar-refractivity contribution in [1.29, 1.82) is 0 Å². The number of rotatable bonds is 3. The fourth-order valence-corrected chi connectivity index (χ4v) is 4.61. The highest BCUT2D eigenvalue weighted by Gasteiger charge is 2.47. The van der Waals surface area contributed by atoms with Crippen molar-refractivity contribution >= 4 is 0 Å². The first-order valence-corrected chi connectivity index (χ1v) is 7.85. The van der Waals surface area contributed by atoms with Gasteiger partial charge in [-0.2, -0.15) is 0 Å². The predicted octanol–water partition coefficient (Wildman–Crippen LogP) is 1.98. The van der Waals surface area contributed by atoms with E-state index in [1.165, 1.54) is 25.7 Å². The average Bonchev–Trinajstić information content (AvgIpc) is 3.01. The highest BCUT2D eigenvalue weighted by molar-refractivity contribution is 4.99. The summed E-state index contributed by atoms with van der Waals surface area (Å²) < 4.78 is 11.6. The third-order valence-electron chi connectivity index (χ3n) is 5.75. The maximum absolute atomic E-state index is 6.05. The van der Waals surface area contributed by atoms with Crippen LogP contribution in [0.4, 0.5) is 0 Å². The van der Waals surface area contributed by atoms with E-state index in [0.29, 0.717) is 17.4 Å². The molecule has 3 N–H and O–H groups in total. The number of ether oxygens (including phenoxy) is 2. The molecule has 1 spiro atoms. The first-order valence-electron chi connectivity index (χ1n) is 7.85. The van der Waals surface area contributed by atoms with Gasteiger partial charge in [-0.3, -0.25) is 11.3 Å². The maximum atomic E-state index is 6.05. The van der Waals surface area contributed by atoms with Crippen molar-refractivity contribution in [3.05, 3.63) is 0 Å². The van der Waals surface area contributed by atoms with Crippen molar-refractivity contribution < 1.29 is 9.47 Å². The smallest absolute Gasteiger partial charge is 0.0939 e. The summed E-state index contributed by atoms with van der Waals surface area (Å²) in [5, 5.41) is 0. The highest BCUT2D eigenvalue weighted by atomic mass is 16.6. The summed E-state index contributed by atoms with van der Waals surface area (Å²) in [6.45, 7) is 4.91. The summed E-state index contributed by atoms with van der Waals surface area (Å²) in [6, 6.07) is 0.427. The Hall–Kier alpha value is -0.160. The molecule has 0 amide bonds. The third kappa shape index (κ3) is 2.56. The van der Waals surface area contributed by atoms with Gasteiger partial charge in [0.1, 0.15) is 0 Å². The number of hydrazine groups is 1. The normalized spacial score (nSPS) is 39.8. The summed E-state index contributed by atoms with van der Waals surface area (Å²) in [5.74, 6) is 6.56. The summed E-state index contributed by atoms with van der Waals surface area (Å²) in [6.07, 6.45) is 8.62. The van der Waals surface area contributed by atoms with Gasteiger partial charge in [0.2, 0.25) is 0 Å². The van der Waals surface area contributed by atoms with Crippen LogP contribution in [0.5, 0.6) is 0 Å². The lowest BCUT2D eigenvalue weighted by atomic mass is 9.69. The topological polar surface area (TPSA) is 56.5 Å². The minimum atomic E-state index is -0.00696. The quantitative estimate of drug-likeness (QED) is 0.607. The van der Waals surface area contributed by atoms with E-state index in [-0.39, 0.29) is 5.60 Å². The molecule has 3 fully saturated rings. The van der Waals surface area contributed by atoms with Crippen molar-refractivity contribution in [2.24, 2.45) is 17.2 Å². The van der Waals surface area contributed by atoms with E-state index in [1.54, 1.807) is 0 Å². The third-order valence-corrected chi connectivity index (χ3v) is 5.75. The van der Waals surface area contributed by atoms with Crippen molar-refractivity contribution in [1.82, 2.24) is 5.43 Å². The molecule has 0 aromatic carbocycles. The van der Waals surface area contributed by atoms with E-state index in [0.717, 1.165) is 39.1 Å². The molecular weight excluding hydrogens is 240 g/mol. The van der Waals surface area contributed by atoms with Gasteiger partial charge in [-0.1, -0.05) is 19.8 Å². The minimum absolute atomic E-state index is 0.00696. The van der Waals surface area contributed by atoms with Crippen LogP contribution in [0.3, 0.4) is 0 Å². The molecule has 4 nitrogen and oxygen atoms in total. The van der Waals surface area contributed by atoms with Gasteiger partial charge in [-0.05, 0) is 37.0 Å². The summed E-state index contributed by atoms with van der Waals surface area (Å²) >= 11 is 0. The number of nitrogens with two attached hydrogens (primary N) is 1. The Bertz CT molecular complexity index is 309. The van der Waals surface area contributed by atoms with Crippen molar-refractivity contribution in [2.75, 3.05) is 19.8 Å². The fraction of sp³-hybridized carbons (Fsp3) is 1.00. The highest BCUT2D eigenvalue weighted by Crippen LogP contribution is 2.47. The standard InChI is InChI=1S/C15H28N2O2/c1-14(5-2-3-6-14)13(17-16)12-4-8-19-15(10-12)7-9-18-11-15/h12-13,17H,2-11,16H2,1H3. The van der Waals surface area contributed by atoms with E-state index < -0.39 is 0 Å². The number of hydrogen-bond donors (Lipinski definition) is 2. The lowest BCUT2D eigenvalue weighted by Gasteiger charge is -2.45. The molecule has 3 rings (SSSR count). The zero-order valence-electron chi connectivity index (χ0n) is 12.1. The Morgan fingerprint density at radius 2 is 2.00 bits per heavy atom. The van der Waals surface area contributed by atoms with Gasteiger partial charge in [-0.15, -0.1) is 0 Å². The van der Waals surface area contributed by atoms with E-state index >= 15 is 0 Å². The lowest BCUT2D eigenvalue weighted by molar-refractivity contribution is -0.109. The monoisotopic (exact) mass is 268 g/mol. The van der Waals surface area contributed by atoms with Gasteiger partial charge in [0.25, 0.3) is 0 Å². The first-order chi connectivity index (χ1) is 9.18. The molecule has 19 heavy (non-hydrogen) atoms. The summed E-state index contributed by atoms with van der Waals surface area (Å²) in [4.78, 5) is 0. The Labute approximate surface area is 116 Å². The Morgan fingerprint density at radius 1 is 1.21 bits per heavy atom. The zero-order chi connectivity index (χ0) is 13.3. The molecule has 0 aromatic heterocycles. The van der Waals surface area contributed by atoms with Crippen molar-refractivity contribution in [3.8, 4) is 0 Å². The fourth-order valence-electron chi connectivity index (χ4n) is 4.61. The van der Waals surface area contributed by atoms with Crippen LogP contribution in [0.2, 0.25) is 0 Å². The largest absolute Gasteiger partial charge is 0.378 e. The predicted molar refractivity (Wildman–Crippen MR) is 74.5 cm³/mol. The van der Waals surface area contributed by atoms with Crippen molar-refractivity contribution in [3.63, 3.8) is 0 Å². The second kappa shape index (κ2) is 5.32. The average molecular weight is 268 g/mol.